The number of fused-ring (bicyclic) bond motifs is 1. The molecule has 0 radical (unpaired) electrons. The first-order valence-electron chi connectivity index (χ1n) is 13.9. The van der Waals surface area contributed by atoms with Gasteiger partial charge in [-0.2, -0.15) is 5.10 Å². The minimum Gasteiger partial charge on any atom is -0.465 e. The van der Waals surface area contributed by atoms with Gasteiger partial charge >= 0.3 is 25.6 Å². The highest BCUT2D eigenvalue weighted by Crippen LogP contribution is 2.46. The number of rotatable bonds is 14. The normalized spacial score (nSPS) is 23.7. The maximum Gasteiger partial charge on any atom is 0.342 e. The third-order valence-electron chi connectivity index (χ3n) is 6.68. The number of hydrogen-bond donors (Lipinski definition) is 4. The predicted octanol–water partition coefficient (Wildman–Crippen LogP) is 1.28. The van der Waals surface area contributed by atoms with E-state index in [1.165, 1.54) is 31.6 Å². The summed E-state index contributed by atoms with van der Waals surface area (Å²) in [6, 6.07) is 1.07. The second kappa shape index (κ2) is 14.1. The minimum atomic E-state index is -4.23. The predicted molar refractivity (Wildman–Crippen MR) is 152 cm³/mol. The van der Waals surface area contributed by atoms with Crippen LogP contribution in [0.5, 0.6) is 0 Å². The second-order valence-electron chi connectivity index (χ2n) is 10.5. The summed E-state index contributed by atoms with van der Waals surface area (Å²) in [6.07, 6.45) is -2.33. The number of nitrogens with zero attached hydrogens (tertiary/aromatic N) is 3. The summed E-state index contributed by atoms with van der Waals surface area (Å²) in [7, 11) is -4.23. The van der Waals surface area contributed by atoms with Gasteiger partial charge in [0.15, 0.2) is 11.9 Å². The zero-order valence-corrected chi connectivity index (χ0v) is 26.2. The van der Waals surface area contributed by atoms with Gasteiger partial charge in [0.25, 0.3) is 0 Å². The standard InChI is InChI=1S/C26H41N6O10P/c1-8-38-24(34)15(5)30-43(37,31-16(6)25(35)39-9-2)40-12-19-21(42-23(33)14(3)4)26(7,36)20(41-19)17-10-11-18-22(27)28-13-29-32(17)18/h10-11,13-16,19-21,36H,8-9,12H2,1-7H3,(H2,27,28,29)(H2,30,31,37)/t15-,16-,19+,20-,21+,26-/m0/s1. The van der Waals surface area contributed by atoms with Gasteiger partial charge in [0.05, 0.1) is 31.4 Å². The fourth-order valence-electron chi connectivity index (χ4n) is 4.47. The minimum absolute atomic E-state index is 0.0863. The van der Waals surface area contributed by atoms with E-state index in [1.807, 2.05) is 0 Å². The Bertz CT molecular complexity index is 1320. The Labute approximate surface area is 249 Å². The molecule has 6 atom stereocenters. The molecule has 1 aliphatic rings. The largest absolute Gasteiger partial charge is 0.465 e. The van der Waals surface area contributed by atoms with Crippen LogP contribution in [-0.4, -0.2) is 87.3 Å². The van der Waals surface area contributed by atoms with Gasteiger partial charge in [-0.3, -0.25) is 18.9 Å². The third-order valence-corrected chi connectivity index (χ3v) is 8.64. The molecule has 0 aliphatic carbocycles. The van der Waals surface area contributed by atoms with Crippen molar-refractivity contribution in [3.8, 4) is 0 Å². The topological polar surface area (TPSA) is 215 Å². The summed E-state index contributed by atoms with van der Waals surface area (Å²) < 4.78 is 43.1. The number of anilines is 1. The quantitative estimate of drug-likeness (QED) is 0.132. The van der Waals surface area contributed by atoms with E-state index in [-0.39, 0.29) is 19.0 Å². The molecule has 1 saturated heterocycles. The maximum atomic E-state index is 14.0. The molecule has 17 heteroatoms. The Hall–Kier alpha value is -3.14. The third kappa shape index (κ3) is 7.88. The molecule has 1 aliphatic heterocycles. The smallest absolute Gasteiger partial charge is 0.342 e. The molecule has 3 rings (SSSR count). The van der Waals surface area contributed by atoms with Crippen molar-refractivity contribution >= 4 is 36.9 Å². The second-order valence-corrected chi connectivity index (χ2v) is 12.4. The SMILES string of the molecule is CCOC(=O)[C@H](C)NP(=O)(N[C@@H](C)C(=O)OCC)OC[C@H]1O[C@@H](c2ccc3c(N)ncnn23)[C@](C)(O)[C@@H]1OC(=O)C(C)C. The van der Waals surface area contributed by atoms with Crippen LogP contribution >= 0.6 is 7.67 Å². The van der Waals surface area contributed by atoms with Gasteiger partial charge in [0.2, 0.25) is 0 Å². The van der Waals surface area contributed by atoms with E-state index in [9.17, 15) is 24.1 Å². The van der Waals surface area contributed by atoms with Gasteiger partial charge in [-0.25, -0.2) is 19.7 Å². The van der Waals surface area contributed by atoms with Crippen LogP contribution in [0.2, 0.25) is 0 Å². The van der Waals surface area contributed by atoms with Crippen molar-refractivity contribution in [2.24, 2.45) is 5.92 Å². The first-order valence-corrected chi connectivity index (χ1v) is 15.6. The van der Waals surface area contributed by atoms with Crippen LogP contribution in [0.25, 0.3) is 5.52 Å². The number of aliphatic hydroxyl groups is 1. The molecule has 240 valence electrons. The Morgan fingerprint density at radius 2 is 1.67 bits per heavy atom. The van der Waals surface area contributed by atoms with Crippen LogP contribution in [0.3, 0.4) is 0 Å². The van der Waals surface area contributed by atoms with Crippen LogP contribution in [-0.2, 0) is 42.4 Å². The Morgan fingerprint density at radius 3 is 2.21 bits per heavy atom. The van der Waals surface area contributed by atoms with Gasteiger partial charge in [0.1, 0.15) is 41.7 Å². The summed E-state index contributed by atoms with van der Waals surface area (Å²) in [4.78, 5) is 41.3. The lowest BCUT2D eigenvalue weighted by atomic mass is 9.91. The lowest BCUT2D eigenvalue weighted by Crippen LogP contribution is -2.47. The molecule has 43 heavy (non-hydrogen) atoms. The van der Waals surface area contributed by atoms with Crippen molar-refractivity contribution in [1.82, 2.24) is 24.8 Å². The molecule has 1 fully saturated rings. The van der Waals surface area contributed by atoms with E-state index in [0.717, 1.165) is 0 Å². The van der Waals surface area contributed by atoms with E-state index in [2.05, 4.69) is 20.3 Å². The van der Waals surface area contributed by atoms with E-state index in [1.54, 1.807) is 39.8 Å². The molecule has 0 saturated carbocycles. The number of carbonyl (C=O) groups is 3. The summed E-state index contributed by atoms with van der Waals surface area (Å²) in [6.45, 7) is 10.4. The molecule has 0 spiro atoms. The van der Waals surface area contributed by atoms with Gasteiger partial charge in [-0.05, 0) is 46.8 Å². The average molecular weight is 629 g/mol. The molecule has 5 N–H and O–H groups in total. The first-order chi connectivity index (χ1) is 20.1. The Kier molecular flexibility index (Phi) is 11.3. The molecule has 0 aromatic carbocycles. The Morgan fingerprint density at radius 1 is 1.09 bits per heavy atom. The van der Waals surface area contributed by atoms with Gasteiger partial charge < -0.3 is 34.3 Å². The van der Waals surface area contributed by atoms with Crippen LogP contribution in [0.1, 0.15) is 60.3 Å². The molecule has 3 heterocycles. The molecule has 16 nitrogen and oxygen atoms in total. The number of carbonyl (C=O) groups excluding carboxylic acids is 3. The summed E-state index contributed by atoms with van der Waals surface area (Å²) in [5.74, 6) is -2.36. The summed E-state index contributed by atoms with van der Waals surface area (Å²) >= 11 is 0. The van der Waals surface area contributed by atoms with Crippen molar-refractivity contribution in [2.45, 2.75) is 84.5 Å². The van der Waals surface area contributed by atoms with E-state index >= 15 is 0 Å². The molecule has 0 unspecified atom stereocenters. The van der Waals surface area contributed by atoms with Crippen LogP contribution in [0.4, 0.5) is 5.82 Å². The molecule has 2 aromatic heterocycles. The fourth-order valence-corrected chi connectivity index (χ4v) is 6.28. The molecular weight excluding hydrogens is 587 g/mol. The monoisotopic (exact) mass is 628 g/mol. The highest BCUT2D eigenvalue weighted by atomic mass is 31.2. The summed E-state index contributed by atoms with van der Waals surface area (Å²) in [5.41, 5.74) is 4.99. The van der Waals surface area contributed by atoms with Gasteiger partial charge in [-0.15, -0.1) is 0 Å². The van der Waals surface area contributed by atoms with Crippen molar-refractivity contribution in [2.75, 3.05) is 25.6 Å². The molecule has 2 aromatic rings. The maximum absolute atomic E-state index is 14.0. The van der Waals surface area contributed by atoms with E-state index in [0.29, 0.717) is 11.2 Å². The fraction of sp³-hybridized carbons (Fsp3) is 0.654. The lowest BCUT2D eigenvalue weighted by molar-refractivity contribution is -0.166. The highest BCUT2D eigenvalue weighted by Gasteiger charge is 2.57. The number of nitrogens with two attached hydrogens (primary N) is 1. The molecule has 0 bridgehead atoms. The van der Waals surface area contributed by atoms with Crippen LogP contribution in [0, 0.1) is 5.92 Å². The number of hydrogen-bond acceptors (Lipinski definition) is 13. The number of aromatic nitrogens is 3. The first kappa shape index (κ1) is 34.4. The lowest BCUT2D eigenvalue weighted by Gasteiger charge is -2.31. The zero-order chi connectivity index (χ0) is 32.1. The van der Waals surface area contributed by atoms with Crippen molar-refractivity contribution < 1.29 is 47.5 Å². The van der Waals surface area contributed by atoms with E-state index < -0.39 is 74.1 Å². The van der Waals surface area contributed by atoms with Gasteiger partial charge in [0, 0.05) is 0 Å². The summed E-state index contributed by atoms with van der Waals surface area (Å²) in [5, 5.41) is 21.1. The van der Waals surface area contributed by atoms with Crippen LogP contribution < -0.4 is 15.9 Å². The number of esters is 3. The van der Waals surface area contributed by atoms with Crippen molar-refractivity contribution in [3.63, 3.8) is 0 Å². The number of ether oxygens (including phenoxy) is 4. The van der Waals surface area contributed by atoms with E-state index in [4.69, 9.17) is 29.2 Å². The van der Waals surface area contributed by atoms with Crippen molar-refractivity contribution in [1.29, 1.82) is 0 Å². The van der Waals surface area contributed by atoms with Crippen LogP contribution in [0.15, 0.2) is 18.5 Å². The molecular formula is C26H41N6O10P. The highest BCUT2D eigenvalue weighted by molar-refractivity contribution is 7.54. The molecule has 0 amide bonds. The van der Waals surface area contributed by atoms with Crippen molar-refractivity contribution in [3.05, 3.63) is 24.2 Å². The number of nitrogen functional groups attached to an aromatic ring is 1. The Balaban J connectivity index is 1.94. The number of nitrogens with one attached hydrogen (secondary N) is 2. The zero-order valence-electron chi connectivity index (χ0n) is 25.3. The average Bonchev–Trinajstić information content (AvgIpc) is 3.46. The van der Waals surface area contributed by atoms with Gasteiger partial charge in [-0.1, -0.05) is 13.8 Å².